The molecule has 1 amide bonds. The average Bonchev–Trinajstić information content (AvgIpc) is 2.50. The minimum atomic E-state index is -0.630. The van der Waals surface area contributed by atoms with Crippen LogP contribution in [0.2, 0.25) is 5.02 Å². The zero-order chi connectivity index (χ0) is 15.2. The van der Waals surface area contributed by atoms with Gasteiger partial charge in [0.1, 0.15) is 5.75 Å². The van der Waals surface area contributed by atoms with E-state index in [0.29, 0.717) is 10.8 Å². The first-order valence-electron chi connectivity index (χ1n) is 6.69. The van der Waals surface area contributed by atoms with Gasteiger partial charge in [0.2, 0.25) is 0 Å². The van der Waals surface area contributed by atoms with Crippen molar-refractivity contribution >= 4 is 17.5 Å². The number of carbonyl (C=O) groups is 1. The number of hydrogen-bond acceptors (Lipinski definition) is 3. The molecular formula is C16H17ClN2O2. The van der Waals surface area contributed by atoms with Crippen molar-refractivity contribution in [2.75, 3.05) is 0 Å². The van der Waals surface area contributed by atoms with E-state index in [2.05, 4.69) is 10.3 Å². The number of nitrogens with one attached hydrogen (secondary N) is 1. The fourth-order valence-corrected chi connectivity index (χ4v) is 2.03. The summed E-state index contributed by atoms with van der Waals surface area (Å²) in [5, 5.41) is 3.39. The van der Waals surface area contributed by atoms with Gasteiger partial charge >= 0.3 is 0 Å². The summed E-state index contributed by atoms with van der Waals surface area (Å²) >= 11 is 6.01. The standard InChI is InChI=1S/C16H17ClN2O2/c1-11(13-7-9-18-10-8-13)19-16(20)12(2)21-15-6-4-3-5-14(15)17/h3-12H,1-2H3,(H,19,20)/t11-,12+/m1/s1. The molecule has 21 heavy (non-hydrogen) atoms. The Bertz CT molecular complexity index is 604. The number of nitrogens with zero attached hydrogens (tertiary/aromatic N) is 1. The molecule has 5 heteroatoms. The number of carbonyl (C=O) groups excluding carboxylic acids is 1. The molecule has 0 aliphatic rings. The number of rotatable bonds is 5. The number of para-hydroxylation sites is 1. The first-order valence-corrected chi connectivity index (χ1v) is 7.07. The van der Waals surface area contributed by atoms with Crippen molar-refractivity contribution in [2.24, 2.45) is 0 Å². The van der Waals surface area contributed by atoms with E-state index in [-0.39, 0.29) is 11.9 Å². The predicted molar refractivity (Wildman–Crippen MR) is 82.3 cm³/mol. The number of amides is 1. The summed E-state index contributed by atoms with van der Waals surface area (Å²) in [6, 6.07) is 10.7. The normalized spacial score (nSPS) is 13.3. The van der Waals surface area contributed by atoms with Gasteiger partial charge < -0.3 is 10.1 Å². The molecule has 0 fully saturated rings. The highest BCUT2D eigenvalue weighted by Crippen LogP contribution is 2.24. The van der Waals surface area contributed by atoms with Crippen molar-refractivity contribution in [2.45, 2.75) is 26.0 Å². The fourth-order valence-electron chi connectivity index (χ4n) is 1.85. The molecular weight excluding hydrogens is 288 g/mol. The van der Waals surface area contributed by atoms with Crippen molar-refractivity contribution in [3.63, 3.8) is 0 Å². The maximum absolute atomic E-state index is 12.1. The molecule has 2 aromatic rings. The molecule has 0 saturated carbocycles. The third kappa shape index (κ3) is 4.20. The van der Waals surface area contributed by atoms with Crippen molar-refractivity contribution < 1.29 is 9.53 Å². The molecule has 0 radical (unpaired) electrons. The van der Waals surface area contributed by atoms with E-state index in [9.17, 15) is 4.79 Å². The summed E-state index contributed by atoms with van der Waals surface area (Å²) in [4.78, 5) is 16.1. The Hall–Kier alpha value is -2.07. The summed E-state index contributed by atoms with van der Waals surface area (Å²) < 4.78 is 5.59. The van der Waals surface area contributed by atoms with Gasteiger partial charge in [0.15, 0.2) is 6.10 Å². The molecule has 0 bridgehead atoms. The SMILES string of the molecule is C[C@H](Oc1ccccc1Cl)C(=O)N[C@H](C)c1ccncc1. The highest BCUT2D eigenvalue weighted by molar-refractivity contribution is 6.32. The van der Waals surface area contributed by atoms with Gasteiger partial charge in [-0.2, -0.15) is 0 Å². The van der Waals surface area contributed by atoms with Crippen LogP contribution in [0.25, 0.3) is 0 Å². The zero-order valence-electron chi connectivity index (χ0n) is 11.9. The lowest BCUT2D eigenvalue weighted by Crippen LogP contribution is -2.37. The van der Waals surface area contributed by atoms with Gasteiger partial charge in [0, 0.05) is 12.4 Å². The van der Waals surface area contributed by atoms with Crippen LogP contribution in [-0.2, 0) is 4.79 Å². The maximum Gasteiger partial charge on any atom is 0.261 e. The number of halogens is 1. The summed E-state index contributed by atoms with van der Waals surface area (Å²) in [6.45, 7) is 3.60. The third-order valence-electron chi connectivity index (χ3n) is 3.07. The molecule has 2 rings (SSSR count). The Labute approximate surface area is 129 Å². The van der Waals surface area contributed by atoms with E-state index >= 15 is 0 Å². The van der Waals surface area contributed by atoms with Crippen LogP contribution in [0.3, 0.4) is 0 Å². The topological polar surface area (TPSA) is 51.2 Å². The van der Waals surface area contributed by atoms with Gasteiger partial charge in [-0.05, 0) is 43.7 Å². The first-order chi connectivity index (χ1) is 10.1. The second kappa shape index (κ2) is 7.09. The van der Waals surface area contributed by atoms with E-state index in [1.807, 2.05) is 31.2 Å². The van der Waals surface area contributed by atoms with Gasteiger partial charge in [0.25, 0.3) is 5.91 Å². The molecule has 0 spiro atoms. The molecule has 110 valence electrons. The van der Waals surface area contributed by atoms with Crippen LogP contribution in [0.4, 0.5) is 0 Å². The molecule has 0 saturated heterocycles. The van der Waals surface area contributed by atoms with Gasteiger partial charge in [-0.1, -0.05) is 23.7 Å². The molecule has 4 nitrogen and oxygen atoms in total. The Morgan fingerprint density at radius 3 is 2.52 bits per heavy atom. The zero-order valence-corrected chi connectivity index (χ0v) is 12.7. The van der Waals surface area contributed by atoms with E-state index in [4.69, 9.17) is 16.3 Å². The number of hydrogen-bond donors (Lipinski definition) is 1. The van der Waals surface area contributed by atoms with E-state index < -0.39 is 6.10 Å². The van der Waals surface area contributed by atoms with E-state index in [1.54, 1.807) is 31.5 Å². The first kappa shape index (κ1) is 15.3. The molecule has 0 aliphatic carbocycles. The van der Waals surface area contributed by atoms with Crippen LogP contribution >= 0.6 is 11.6 Å². The van der Waals surface area contributed by atoms with Crippen LogP contribution in [0.1, 0.15) is 25.5 Å². The largest absolute Gasteiger partial charge is 0.479 e. The molecule has 1 N–H and O–H groups in total. The summed E-state index contributed by atoms with van der Waals surface area (Å²) in [6.07, 6.45) is 2.76. The van der Waals surface area contributed by atoms with Crippen molar-refractivity contribution in [3.8, 4) is 5.75 Å². The van der Waals surface area contributed by atoms with E-state index in [0.717, 1.165) is 5.56 Å². The quantitative estimate of drug-likeness (QED) is 0.921. The Morgan fingerprint density at radius 1 is 1.19 bits per heavy atom. The summed E-state index contributed by atoms with van der Waals surface area (Å²) in [5.74, 6) is 0.303. The lowest BCUT2D eigenvalue weighted by molar-refractivity contribution is -0.127. The third-order valence-corrected chi connectivity index (χ3v) is 3.39. The lowest BCUT2D eigenvalue weighted by atomic mass is 10.1. The van der Waals surface area contributed by atoms with Gasteiger partial charge in [-0.15, -0.1) is 0 Å². The smallest absolute Gasteiger partial charge is 0.261 e. The molecule has 1 heterocycles. The highest BCUT2D eigenvalue weighted by Gasteiger charge is 2.18. The average molecular weight is 305 g/mol. The lowest BCUT2D eigenvalue weighted by Gasteiger charge is -2.19. The summed E-state index contributed by atoms with van der Waals surface area (Å²) in [7, 11) is 0. The Kier molecular flexibility index (Phi) is 5.17. The molecule has 0 unspecified atom stereocenters. The molecule has 0 aliphatic heterocycles. The van der Waals surface area contributed by atoms with Crippen molar-refractivity contribution in [1.82, 2.24) is 10.3 Å². The number of aromatic nitrogens is 1. The predicted octanol–water partition coefficient (Wildman–Crippen LogP) is 3.38. The van der Waals surface area contributed by atoms with Gasteiger partial charge in [-0.3, -0.25) is 9.78 Å². The Balaban J connectivity index is 1.95. The minimum Gasteiger partial charge on any atom is -0.479 e. The highest BCUT2D eigenvalue weighted by atomic mass is 35.5. The number of benzene rings is 1. The maximum atomic E-state index is 12.1. The van der Waals surface area contributed by atoms with Crippen molar-refractivity contribution in [3.05, 3.63) is 59.4 Å². The van der Waals surface area contributed by atoms with Crippen molar-refractivity contribution in [1.29, 1.82) is 0 Å². The summed E-state index contributed by atoms with van der Waals surface area (Å²) in [5.41, 5.74) is 0.989. The number of pyridine rings is 1. The molecule has 2 atom stereocenters. The van der Waals surface area contributed by atoms with Crippen LogP contribution < -0.4 is 10.1 Å². The van der Waals surface area contributed by atoms with Crippen LogP contribution in [0, 0.1) is 0 Å². The number of ether oxygens (including phenoxy) is 1. The second-order valence-corrected chi connectivity index (χ2v) is 5.11. The van der Waals surface area contributed by atoms with Crippen LogP contribution in [-0.4, -0.2) is 17.0 Å². The minimum absolute atomic E-state index is 0.113. The Morgan fingerprint density at radius 2 is 1.86 bits per heavy atom. The van der Waals surface area contributed by atoms with Crippen LogP contribution in [0.15, 0.2) is 48.8 Å². The van der Waals surface area contributed by atoms with Gasteiger partial charge in [0.05, 0.1) is 11.1 Å². The van der Waals surface area contributed by atoms with Crippen LogP contribution in [0.5, 0.6) is 5.75 Å². The molecule has 1 aromatic carbocycles. The van der Waals surface area contributed by atoms with E-state index in [1.165, 1.54) is 0 Å². The second-order valence-electron chi connectivity index (χ2n) is 4.70. The fraction of sp³-hybridized carbons (Fsp3) is 0.250. The monoisotopic (exact) mass is 304 g/mol. The molecule has 1 aromatic heterocycles. The van der Waals surface area contributed by atoms with Gasteiger partial charge in [-0.25, -0.2) is 0 Å².